The highest BCUT2D eigenvalue weighted by Gasteiger charge is 2.41. The standard InChI is InChI=1S/C23H21NO2/c25-22-21(16-17-26-22)24-23(18-10-4-1-5-11-18,19-12-6-2-7-13-19)20-14-8-3-9-15-20/h1-15,21,24H,16-17H2/t21-/m1/s1. The molecule has 130 valence electrons. The van der Waals surface area contributed by atoms with Crippen LogP contribution in [0.2, 0.25) is 0 Å². The van der Waals surface area contributed by atoms with Crippen LogP contribution in [0.15, 0.2) is 91.0 Å². The highest BCUT2D eigenvalue weighted by molar-refractivity contribution is 5.78. The van der Waals surface area contributed by atoms with Crippen LogP contribution in [0.3, 0.4) is 0 Å². The predicted molar refractivity (Wildman–Crippen MR) is 102 cm³/mol. The Balaban J connectivity index is 1.95. The van der Waals surface area contributed by atoms with Crippen molar-refractivity contribution in [1.29, 1.82) is 0 Å². The molecule has 0 amide bonds. The molecular weight excluding hydrogens is 322 g/mol. The fourth-order valence-electron chi connectivity index (χ4n) is 3.70. The Bertz CT molecular complexity index is 766. The van der Waals surface area contributed by atoms with E-state index in [2.05, 4.69) is 41.7 Å². The number of cyclic esters (lactones) is 1. The summed E-state index contributed by atoms with van der Waals surface area (Å²) in [5.41, 5.74) is 2.66. The normalized spacial score (nSPS) is 17.1. The van der Waals surface area contributed by atoms with Gasteiger partial charge in [0.25, 0.3) is 0 Å². The maximum Gasteiger partial charge on any atom is 0.323 e. The van der Waals surface area contributed by atoms with E-state index >= 15 is 0 Å². The zero-order valence-corrected chi connectivity index (χ0v) is 14.5. The van der Waals surface area contributed by atoms with Crippen LogP contribution in [0.1, 0.15) is 23.1 Å². The van der Waals surface area contributed by atoms with E-state index in [9.17, 15) is 4.79 Å². The van der Waals surface area contributed by atoms with Crippen LogP contribution in [0.25, 0.3) is 0 Å². The lowest BCUT2D eigenvalue weighted by Gasteiger charge is -2.38. The number of carbonyl (C=O) groups excluding carboxylic acids is 1. The summed E-state index contributed by atoms with van der Waals surface area (Å²) in [6.45, 7) is 0.463. The molecule has 1 aliphatic heterocycles. The third-order valence-electron chi connectivity index (χ3n) is 4.95. The Morgan fingerprint density at radius 3 is 1.50 bits per heavy atom. The zero-order chi connectivity index (χ0) is 17.8. The van der Waals surface area contributed by atoms with E-state index < -0.39 is 5.54 Å². The largest absolute Gasteiger partial charge is 0.464 e. The van der Waals surface area contributed by atoms with Crippen LogP contribution in [0.5, 0.6) is 0 Å². The SMILES string of the molecule is O=C1OCC[C@H]1NC(c1ccccc1)(c1ccccc1)c1ccccc1. The van der Waals surface area contributed by atoms with E-state index in [4.69, 9.17) is 4.74 Å². The van der Waals surface area contributed by atoms with E-state index in [1.165, 1.54) is 0 Å². The maximum atomic E-state index is 12.3. The third kappa shape index (κ3) is 2.91. The van der Waals surface area contributed by atoms with Gasteiger partial charge in [-0.3, -0.25) is 10.1 Å². The average Bonchev–Trinajstić information content (AvgIpc) is 3.12. The number of esters is 1. The van der Waals surface area contributed by atoms with Crippen molar-refractivity contribution in [2.45, 2.75) is 18.0 Å². The molecule has 3 aromatic rings. The highest BCUT2D eigenvalue weighted by Crippen LogP contribution is 2.37. The Kier molecular flexibility index (Phi) is 4.55. The molecule has 0 bridgehead atoms. The number of nitrogens with one attached hydrogen (secondary N) is 1. The van der Waals surface area contributed by atoms with Crippen LogP contribution < -0.4 is 5.32 Å². The van der Waals surface area contributed by atoms with Crippen molar-refractivity contribution in [3.8, 4) is 0 Å². The molecule has 1 aliphatic rings. The molecule has 1 N–H and O–H groups in total. The van der Waals surface area contributed by atoms with Gasteiger partial charge in [0.2, 0.25) is 0 Å². The van der Waals surface area contributed by atoms with E-state index in [1.807, 2.05) is 54.6 Å². The smallest absolute Gasteiger partial charge is 0.323 e. The Morgan fingerprint density at radius 2 is 1.15 bits per heavy atom. The van der Waals surface area contributed by atoms with Crippen molar-refractivity contribution < 1.29 is 9.53 Å². The second-order valence-electron chi connectivity index (χ2n) is 6.50. The van der Waals surface area contributed by atoms with Crippen LogP contribution >= 0.6 is 0 Å². The summed E-state index contributed by atoms with van der Waals surface area (Å²) in [6.07, 6.45) is 0.674. The molecular formula is C23H21NO2. The van der Waals surface area contributed by atoms with Crippen molar-refractivity contribution in [3.63, 3.8) is 0 Å². The fraction of sp³-hybridized carbons (Fsp3) is 0.174. The first-order valence-corrected chi connectivity index (χ1v) is 8.91. The second-order valence-corrected chi connectivity index (χ2v) is 6.50. The molecule has 1 saturated heterocycles. The number of hydrogen-bond acceptors (Lipinski definition) is 3. The molecule has 1 heterocycles. The first-order chi connectivity index (χ1) is 12.8. The average molecular weight is 343 g/mol. The number of rotatable bonds is 5. The lowest BCUT2D eigenvalue weighted by atomic mass is 9.76. The van der Waals surface area contributed by atoms with Gasteiger partial charge in [0, 0.05) is 6.42 Å². The third-order valence-corrected chi connectivity index (χ3v) is 4.95. The molecule has 0 aromatic heterocycles. The summed E-state index contributed by atoms with van der Waals surface area (Å²) in [7, 11) is 0. The minimum absolute atomic E-state index is 0.183. The second kappa shape index (κ2) is 7.14. The van der Waals surface area contributed by atoms with E-state index in [1.54, 1.807) is 0 Å². The molecule has 1 fully saturated rings. The lowest BCUT2D eigenvalue weighted by Crippen LogP contribution is -2.51. The molecule has 3 heteroatoms. The summed E-state index contributed by atoms with van der Waals surface area (Å²) in [4.78, 5) is 12.3. The minimum Gasteiger partial charge on any atom is -0.464 e. The van der Waals surface area contributed by atoms with E-state index in [0.717, 1.165) is 16.7 Å². The molecule has 4 rings (SSSR count). The topological polar surface area (TPSA) is 38.3 Å². The van der Waals surface area contributed by atoms with Gasteiger partial charge in [0.05, 0.1) is 12.1 Å². The van der Waals surface area contributed by atoms with Crippen LogP contribution in [0.4, 0.5) is 0 Å². The van der Waals surface area contributed by atoms with Crippen molar-refractivity contribution in [1.82, 2.24) is 5.32 Å². The Labute approximate surface area is 153 Å². The number of benzene rings is 3. The first-order valence-electron chi connectivity index (χ1n) is 8.91. The number of carbonyl (C=O) groups is 1. The van der Waals surface area contributed by atoms with Gasteiger partial charge in [0.1, 0.15) is 6.04 Å². The summed E-state index contributed by atoms with van der Waals surface area (Å²) >= 11 is 0. The van der Waals surface area contributed by atoms with Gasteiger partial charge in [-0.1, -0.05) is 91.0 Å². The summed E-state index contributed by atoms with van der Waals surface area (Å²) in [5, 5.41) is 3.65. The van der Waals surface area contributed by atoms with Gasteiger partial charge in [0.15, 0.2) is 0 Å². The highest BCUT2D eigenvalue weighted by atomic mass is 16.5. The summed E-state index contributed by atoms with van der Waals surface area (Å²) in [5.74, 6) is -0.183. The summed E-state index contributed by atoms with van der Waals surface area (Å²) in [6, 6.07) is 30.5. The number of hydrogen-bond donors (Lipinski definition) is 1. The van der Waals surface area contributed by atoms with Gasteiger partial charge in [-0.2, -0.15) is 0 Å². The molecule has 3 aromatic carbocycles. The van der Waals surface area contributed by atoms with Gasteiger partial charge < -0.3 is 4.74 Å². The van der Waals surface area contributed by atoms with Gasteiger partial charge in [-0.15, -0.1) is 0 Å². The lowest BCUT2D eigenvalue weighted by molar-refractivity contribution is -0.139. The van der Waals surface area contributed by atoms with Gasteiger partial charge in [-0.05, 0) is 16.7 Å². The molecule has 0 unspecified atom stereocenters. The van der Waals surface area contributed by atoms with Crippen molar-refractivity contribution in [2.24, 2.45) is 0 Å². The maximum absolute atomic E-state index is 12.3. The van der Waals surface area contributed by atoms with Crippen LogP contribution in [0, 0.1) is 0 Å². The van der Waals surface area contributed by atoms with Crippen molar-refractivity contribution in [3.05, 3.63) is 108 Å². The Hall–Kier alpha value is -2.91. The van der Waals surface area contributed by atoms with Crippen molar-refractivity contribution in [2.75, 3.05) is 6.61 Å². The van der Waals surface area contributed by atoms with Crippen LogP contribution in [-0.2, 0) is 15.1 Å². The molecule has 0 radical (unpaired) electrons. The van der Waals surface area contributed by atoms with E-state index in [-0.39, 0.29) is 12.0 Å². The fourth-order valence-corrected chi connectivity index (χ4v) is 3.70. The molecule has 0 spiro atoms. The predicted octanol–water partition coefficient (Wildman–Crippen LogP) is 3.88. The Morgan fingerprint density at radius 1 is 0.731 bits per heavy atom. The monoisotopic (exact) mass is 343 g/mol. The quantitative estimate of drug-likeness (QED) is 0.564. The number of ether oxygens (including phenoxy) is 1. The molecule has 0 saturated carbocycles. The van der Waals surface area contributed by atoms with E-state index in [0.29, 0.717) is 13.0 Å². The first kappa shape index (κ1) is 16.6. The zero-order valence-electron chi connectivity index (χ0n) is 14.5. The minimum atomic E-state index is -0.627. The van der Waals surface area contributed by atoms with Gasteiger partial charge in [-0.25, -0.2) is 0 Å². The molecule has 0 aliphatic carbocycles. The van der Waals surface area contributed by atoms with Crippen LogP contribution in [-0.4, -0.2) is 18.6 Å². The van der Waals surface area contributed by atoms with Crippen molar-refractivity contribution >= 4 is 5.97 Å². The van der Waals surface area contributed by atoms with Gasteiger partial charge >= 0.3 is 5.97 Å². The summed E-state index contributed by atoms with van der Waals surface area (Å²) < 4.78 is 5.22. The molecule has 26 heavy (non-hydrogen) atoms. The molecule has 3 nitrogen and oxygen atoms in total. The molecule has 1 atom stereocenters.